The van der Waals surface area contributed by atoms with Crippen LogP contribution in [0.1, 0.15) is 22.3 Å². The van der Waals surface area contributed by atoms with Crippen LogP contribution in [0, 0.1) is 11.7 Å². The third-order valence-corrected chi connectivity index (χ3v) is 2.91. The van der Waals surface area contributed by atoms with Gasteiger partial charge in [0.05, 0.1) is 25.4 Å². The van der Waals surface area contributed by atoms with E-state index < -0.39 is 11.8 Å². The fourth-order valence-electron chi connectivity index (χ4n) is 1.88. The Morgan fingerprint density at radius 2 is 2.39 bits per heavy atom. The number of carbonyl (C=O) groups is 1. The Kier molecular flexibility index (Phi) is 4.28. The first kappa shape index (κ1) is 13.0. The lowest BCUT2D eigenvalue weighted by molar-refractivity contribution is 0.0690. The molecule has 0 amide bonds. The first-order valence-electron chi connectivity index (χ1n) is 5.84. The zero-order valence-corrected chi connectivity index (χ0v) is 9.89. The van der Waals surface area contributed by atoms with Crippen LogP contribution >= 0.6 is 0 Å². The summed E-state index contributed by atoms with van der Waals surface area (Å²) in [4.78, 5) is 10.6. The van der Waals surface area contributed by atoms with Crippen molar-refractivity contribution in [3.05, 3.63) is 35.1 Å². The number of benzene rings is 1. The molecule has 1 atom stereocenters. The highest BCUT2D eigenvalue weighted by atomic mass is 19.1. The third-order valence-electron chi connectivity index (χ3n) is 2.91. The van der Waals surface area contributed by atoms with Crippen molar-refractivity contribution in [2.75, 3.05) is 19.8 Å². The molecule has 2 rings (SSSR count). The molecule has 0 spiro atoms. The summed E-state index contributed by atoms with van der Waals surface area (Å²) in [6, 6.07) is 4.03. The van der Waals surface area contributed by atoms with Gasteiger partial charge < -0.3 is 14.6 Å². The Labute approximate surface area is 104 Å². The summed E-state index contributed by atoms with van der Waals surface area (Å²) in [6.45, 7) is 2.36. The van der Waals surface area contributed by atoms with Crippen LogP contribution in [0.2, 0.25) is 0 Å². The van der Waals surface area contributed by atoms with E-state index in [1.54, 1.807) is 6.07 Å². The fourth-order valence-corrected chi connectivity index (χ4v) is 1.88. The van der Waals surface area contributed by atoms with Gasteiger partial charge in [-0.3, -0.25) is 0 Å². The van der Waals surface area contributed by atoms with Crippen molar-refractivity contribution in [3.8, 4) is 0 Å². The molecule has 0 aliphatic carbocycles. The van der Waals surface area contributed by atoms with Crippen molar-refractivity contribution < 1.29 is 23.8 Å². The largest absolute Gasteiger partial charge is 0.478 e. The van der Waals surface area contributed by atoms with Gasteiger partial charge in [-0.1, -0.05) is 6.07 Å². The molecular weight excluding hydrogens is 239 g/mol. The predicted octanol–water partition coefficient (Wildman–Crippen LogP) is 2.08. The number of halogens is 1. The van der Waals surface area contributed by atoms with Crippen LogP contribution in [-0.2, 0) is 16.1 Å². The van der Waals surface area contributed by atoms with Gasteiger partial charge in [-0.2, -0.15) is 0 Å². The van der Waals surface area contributed by atoms with Crippen LogP contribution in [0.4, 0.5) is 4.39 Å². The second-order valence-corrected chi connectivity index (χ2v) is 4.36. The van der Waals surface area contributed by atoms with E-state index in [1.807, 2.05) is 0 Å². The quantitative estimate of drug-likeness (QED) is 0.874. The molecule has 1 aromatic carbocycles. The molecule has 0 saturated carbocycles. The number of hydrogen-bond acceptors (Lipinski definition) is 3. The van der Waals surface area contributed by atoms with Gasteiger partial charge in [0.1, 0.15) is 5.82 Å². The maximum absolute atomic E-state index is 13.4. The number of carboxylic acids is 1. The highest BCUT2D eigenvalue weighted by Gasteiger charge is 2.16. The smallest absolute Gasteiger partial charge is 0.338 e. The summed E-state index contributed by atoms with van der Waals surface area (Å²) in [5.74, 6) is -1.58. The normalized spacial score (nSPS) is 19.1. The molecule has 1 saturated heterocycles. The van der Waals surface area contributed by atoms with E-state index in [4.69, 9.17) is 14.6 Å². The van der Waals surface area contributed by atoms with Crippen LogP contribution < -0.4 is 0 Å². The molecule has 1 aliphatic rings. The number of aromatic carboxylic acids is 1. The van der Waals surface area contributed by atoms with Crippen molar-refractivity contribution in [3.63, 3.8) is 0 Å². The predicted molar refractivity (Wildman–Crippen MR) is 61.9 cm³/mol. The van der Waals surface area contributed by atoms with Crippen molar-refractivity contribution in [2.45, 2.75) is 13.0 Å². The van der Waals surface area contributed by atoms with Crippen LogP contribution in [0.25, 0.3) is 0 Å². The molecule has 1 heterocycles. The van der Waals surface area contributed by atoms with Gasteiger partial charge in [0.15, 0.2) is 0 Å². The Bertz CT molecular complexity index is 427. The summed E-state index contributed by atoms with van der Waals surface area (Å²) in [5, 5.41) is 8.69. The molecule has 1 aliphatic heterocycles. The minimum absolute atomic E-state index is 0.285. The van der Waals surface area contributed by atoms with Gasteiger partial charge in [0, 0.05) is 12.5 Å². The van der Waals surface area contributed by atoms with Gasteiger partial charge in [-0.05, 0) is 24.1 Å². The van der Waals surface area contributed by atoms with Crippen molar-refractivity contribution in [1.29, 1.82) is 0 Å². The van der Waals surface area contributed by atoms with E-state index in [0.717, 1.165) is 13.0 Å². The molecule has 4 nitrogen and oxygen atoms in total. The average Bonchev–Trinajstić information content (AvgIpc) is 2.81. The summed E-state index contributed by atoms with van der Waals surface area (Å²) in [6.07, 6.45) is 0.992. The molecule has 1 fully saturated rings. The lowest BCUT2D eigenvalue weighted by Gasteiger charge is -2.09. The lowest BCUT2D eigenvalue weighted by atomic mass is 10.1. The highest BCUT2D eigenvalue weighted by molar-refractivity contribution is 5.87. The molecule has 0 radical (unpaired) electrons. The van der Waals surface area contributed by atoms with Gasteiger partial charge in [-0.25, -0.2) is 9.18 Å². The standard InChI is InChI=1S/C13H15FO4/c14-12-5-9(1-2-11(12)13(15)16)6-18-8-10-3-4-17-7-10/h1-2,5,10H,3-4,6-8H2,(H,15,16). The lowest BCUT2D eigenvalue weighted by Crippen LogP contribution is -2.09. The molecule has 0 aromatic heterocycles. The average molecular weight is 254 g/mol. The second kappa shape index (κ2) is 5.93. The Morgan fingerprint density at radius 1 is 1.56 bits per heavy atom. The van der Waals surface area contributed by atoms with Crippen LogP contribution in [0.5, 0.6) is 0 Å². The monoisotopic (exact) mass is 254 g/mol. The zero-order valence-electron chi connectivity index (χ0n) is 9.89. The molecule has 98 valence electrons. The summed E-state index contributed by atoms with van der Waals surface area (Å²) in [5.41, 5.74) is 0.319. The molecule has 18 heavy (non-hydrogen) atoms. The molecule has 1 aromatic rings. The number of hydrogen-bond donors (Lipinski definition) is 1. The molecular formula is C13H15FO4. The first-order valence-corrected chi connectivity index (χ1v) is 5.84. The number of ether oxygens (including phenoxy) is 2. The molecule has 5 heteroatoms. The van der Waals surface area contributed by atoms with E-state index in [-0.39, 0.29) is 12.2 Å². The Balaban J connectivity index is 1.85. The van der Waals surface area contributed by atoms with Crippen LogP contribution in [0.15, 0.2) is 18.2 Å². The third kappa shape index (κ3) is 3.27. The zero-order chi connectivity index (χ0) is 13.0. The fraction of sp³-hybridized carbons (Fsp3) is 0.462. The minimum atomic E-state index is -1.26. The van der Waals surface area contributed by atoms with E-state index in [2.05, 4.69) is 0 Å². The minimum Gasteiger partial charge on any atom is -0.478 e. The van der Waals surface area contributed by atoms with Crippen molar-refractivity contribution >= 4 is 5.97 Å². The Hall–Kier alpha value is -1.46. The summed E-state index contributed by atoms with van der Waals surface area (Å²) < 4.78 is 24.1. The van der Waals surface area contributed by atoms with Gasteiger partial charge >= 0.3 is 5.97 Å². The molecule has 1 unspecified atom stereocenters. The number of rotatable bonds is 5. The van der Waals surface area contributed by atoms with Crippen molar-refractivity contribution in [2.24, 2.45) is 5.92 Å². The van der Waals surface area contributed by atoms with E-state index in [0.29, 0.717) is 24.7 Å². The second-order valence-electron chi connectivity index (χ2n) is 4.36. The molecule has 0 bridgehead atoms. The van der Waals surface area contributed by atoms with Crippen LogP contribution in [0.3, 0.4) is 0 Å². The maximum atomic E-state index is 13.4. The van der Waals surface area contributed by atoms with Gasteiger partial charge in [0.25, 0.3) is 0 Å². The van der Waals surface area contributed by atoms with E-state index in [9.17, 15) is 9.18 Å². The van der Waals surface area contributed by atoms with E-state index in [1.165, 1.54) is 12.1 Å². The first-order chi connectivity index (χ1) is 8.66. The SMILES string of the molecule is O=C(O)c1ccc(COCC2CCOC2)cc1F. The summed E-state index contributed by atoms with van der Waals surface area (Å²) in [7, 11) is 0. The summed E-state index contributed by atoms with van der Waals surface area (Å²) >= 11 is 0. The Morgan fingerprint density at radius 3 is 3.00 bits per heavy atom. The highest BCUT2D eigenvalue weighted by Crippen LogP contribution is 2.15. The number of carboxylic acid groups (broad SMARTS) is 1. The van der Waals surface area contributed by atoms with Crippen molar-refractivity contribution in [1.82, 2.24) is 0 Å². The van der Waals surface area contributed by atoms with Gasteiger partial charge in [0.2, 0.25) is 0 Å². The van der Waals surface area contributed by atoms with Crippen LogP contribution in [-0.4, -0.2) is 30.9 Å². The maximum Gasteiger partial charge on any atom is 0.338 e. The van der Waals surface area contributed by atoms with E-state index >= 15 is 0 Å². The topological polar surface area (TPSA) is 55.8 Å². The van der Waals surface area contributed by atoms with Gasteiger partial charge in [-0.15, -0.1) is 0 Å². The molecule has 1 N–H and O–H groups in total.